The van der Waals surface area contributed by atoms with E-state index in [1.54, 1.807) is 0 Å². The molecule has 2 heterocycles. The molecular formula is C12H19N3. The molecule has 1 aromatic heterocycles. The summed E-state index contributed by atoms with van der Waals surface area (Å²) in [5, 5.41) is 6.86. The fraction of sp³-hybridized carbons (Fsp3) is 0.583. The zero-order chi connectivity index (χ0) is 10.7. The Hall–Kier alpha value is -1.09. The van der Waals surface area contributed by atoms with Crippen LogP contribution in [0.15, 0.2) is 12.1 Å². The minimum atomic E-state index is 0.584. The lowest BCUT2D eigenvalue weighted by molar-refractivity contribution is 0.478. The van der Waals surface area contributed by atoms with E-state index in [4.69, 9.17) is 0 Å². The summed E-state index contributed by atoms with van der Waals surface area (Å²) >= 11 is 0. The van der Waals surface area contributed by atoms with Gasteiger partial charge in [-0.05, 0) is 51.4 Å². The number of pyridine rings is 1. The predicted octanol–water partition coefficient (Wildman–Crippen LogP) is 1.86. The minimum absolute atomic E-state index is 0.584. The molecule has 0 aromatic carbocycles. The maximum absolute atomic E-state index is 4.54. The molecule has 15 heavy (non-hydrogen) atoms. The van der Waals surface area contributed by atoms with Gasteiger partial charge in [0.2, 0.25) is 0 Å². The molecule has 3 nitrogen and oxygen atoms in total. The van der Waals surface area contributed by atoms with E-state index in [0.717, 1.165) is 24.6 Å². The molecule has 0 amide bonds. The topological polar surface area (TPSA) is 37.0 Å². The third-order valence-corrected chi connectivity index (χ3v) is 3.04. The highest BCUT2D eigenvalue weighted by Crippen LogP contribution is 2.13. The van der Waals surface area contributed by atoms with Gasteiger partial charge in [0.05, 0.1) is 0 Å². The molecule has 0 bridgehead atoms. The van der Waals surface area contributed by atoms with E-state index in [0.29, 0.717) is 6.04 Å². The van der Waals surface area contributed by atoms with Crippen LogP contribution in [-0.4, -0.2) is 24.1 Å². The molecule has 1 saturated heterocycles. The quantitative estimate of drug-likeness (QED) is 0.774. The Balaban J connectivity index is 2.00. The van der Waals surface area contributed by atoms with E-state index in [-0.39, 0.29) is 0 Å². The van der Waals surface area contributed by atoms with Crippen LogP contribution in [0.1, 0.15) is 24.1 Å². The molecule has 0 aliphatic carbocycles. The molecular weight excluding hydrogens is 186 g/mol. The standard InChI is InChI=1S/C12H19N3/c1-9-3-4-12(14-10(9)2)15-11-5-7-13-8-6-11/h3-4,11,13H,5-8H2,1-2H3,(H,14,15). The lowest BCUT2D eigenvalue weighted by Crippen LogP contribution is -2.35. The summed E-state index contributed by atoms with van der Waals surface area (Å²) in [6, 6.07) is 4.79. The summed E-state index contributed by atoms with van der Waals surface area (Å²) in [7, 11) is 0. The van der Waals surface area contributed by atoms with Crippen LogP contribution in [0.25, 0.3) is 0 Å². The Morgan fingerprint density at radius 2 is 2.00 bits per heavy atom. The number of nitrogens with one attached hydrogen (secondary N) is 2. The minimum Gasteiger partial charge on any atom is -0.367 e. The smallest absolute Gasteiger partial charge is 0.126 e. The van der Waals surface area contributed by atoms with Crippen molar-refractivity contribution in [3.8, 4) is 0 Å². The fourth-order valence-electron chi connectivity index (χ4n) is 1.89. The van der Waals surface area contributed by atoms with Crippen LogP contribution in [0.3, 0.4) is 0 Å². The van der Waals surface area contributed by atoms with Crippen molar-refractivity contribution in [3.05, 3.63) is 23.4 Å². The van der Waals surface area contributed by atoms with E-state index in [1.807, 2.05) is 0 Å². The van der Waals surface area contributed by atoms with E-state index in [1.165, 1.54) is 18.4 Å². The monoisotopic (exact) mass is 205 g/mol. The number of hydrogen-bond donors (Lipinski definition) is 2. The summed E-state index contributed by atoms with van der Waals surface area (Å²) in [5.74, 6) is 1.02. The number of aromatic nitrogens is 1. The van der Waals surface area contributed by atoms with E-state index >= 15 is 0 Å². The average molecular weight is 205 g/mol. The maximum Gasteiger partial charge on any atom is 0.126 e. The molecule has 0 atom stereocenters. The molecule has 1 aliphatic heterocycles. The van der Waals surface area contributed by atoms with E-state index < -0.39 is 0 Å². The van der Waals surface area contributed by atoms with Gasteiger partial charge in [-0.15, -0.1) is 0 Å². The van der Waals surface area contributed by atoms with Gasteiger partial charge in [-0.1, -0.05) is 6.07 Å². The lowest BCUT2D eigenvalue weighted by Gasteiger charge is -2.24. The summed E-state index contributed by atoms with van der Waals surface area (Å²) in [5.41, 5.74) is 2.37. The van der Waals surface area contributed by atoms with Gasteiger partial charge in [-0.3, -0.25) is 0 Å². The number of rotatable bonds is 2. The first-order valence-electron chi connectivity index (χ1n) is 5.67. The molecule has 82 valence electrons. The maximum atomic E-state index is 4.54. The van der Waals surface area contributed by atoms with Gasteiger partial charge in [0.25, 0.3) is 0 Å². The number of piperidine rings is 1. The van der Waals surface area contributed by atoms with E-state index in [2.05, 4.69) is 41.6 Å². The highest BCUT2D eigenvalue weighted by molar-refractivity contribution is 5.39. The zero-order valence-electron chi connectivity index (χ0n) is 9.51. The first-order chi connectivity index (χ1) is 7.25. The van der Waals surface area contributed by atoms with Crippen LogP contribution < -0.4 is 10.6 Å². The van der Waals surface area contributed by atoms with Gasteiger partial charge in [0, 0.05) is 11.7 Å². The third-order valence-electron chi connectivity index (χ3n) is 3.04. The SMILES string of the molecule is Cc1ccc(NC2CCNCC2)nc1C. The van der Waals surface area contributed by atoms with Crippen LogP contribution in [0.4, 0.5) is 5.82 Å². The van der Waals surface area contributed by atoms with Gasteiger partial charge in [0.1, 0.15) is 5.82 Å². The summed E-state index contributed by atoms with van der Waals surface area (Å²) in [4.78, 5) is 4.54. The largest absolute Gasteiger partial charge is 0.367 e. The normalized spacial score (nSPS) is 17.7. The van der Waals surface area contributed by atoms with Crippen molar-refractivity contribution < 1.29 is 0 Å². The molecule has 0 radical (unpaired) electrons. The number of anilines is 1. The second-order valence-corrected chi connectivity index (χ2v) is 4.27. The van der Waals surface area contributed by atoms with Crippen molar-refractivity contribution in [2.75, 3.05) is 18.4 Å². The lowest BCUT2D eigenvalue weighted by atomic mass is 10.1. The molecule has 0 saturated carbocycles. The average Bonchev–Trinajstić information content (AvgIpc) is 2.25. The summed E-state index contributed by atoms with van der Waals surface area (Å²) in [6.45, 7) is 6.38. The Labute approximate surface area is 91.3 Å². The first-order valence-corrected chi connectivity index (χ1v) is 5.67. The van der Waals surface area contributed by atoms with Gasteiger partial charge < -0.3 is 10.6 Å². The van der Waals surface area contributed by atoms with Crippen molar-refractivity contribution >= 4 is 5.82 Å². The Morgan fingerprint density at radius 1 is 1.27 bits per heavy atom. The Bertz CT molecular complexity index is 330. The van der Waals surface area contributed by atoms with Crippen molar-refractivity contribution in [1.29, 1.82) is 0 Å². The molecule has 1 aromatic rings. The van der Waals surface area contributed by atoms with Crippen molar-refractivity contribution in [2.24, 2.45) is 0 Å². The molecule has 0 unspecified atom stereocenters. The number of hydrogen-bond acceptors (Lipinski definition) is 3. The second-order valence-electron chi connectivity index (χ2n) is 4.27. The van der Waals surface area contributed by atoms with Gasteiger partial charge in [-0.25, -0.2) is 4.98 Å². The van der Waals surface area contributed by atoms with Crippen LogP contribution in [-0.2, 0) is 0 Å². The molecule has 3 heteroatoms. The zero-order valence-corrected chi connectivity index (χ0v) is 9.51. The molecule has 2 rings (SSSR count). The van der Waals surface area contributed by atoms with Gasteiger partial charge in [0.15, 0.2) is 0 Å². The van der Waals surface area contributed by atoms with Crippen molar-refractivity contribution in [1.82, 2.24) is 10.3 Å². The second kappa shape index (κ2) is 4.62. The number of aryl methyl sites for hydroxylation is 2. The summed E-state index contributed by atoms with van der Waals surface area (Å²) < 4.78 is 0. The Kier molecular flexibility index (Phi) is 3.21. The van der Waals surface area contributed by atoms with Gasteiger partial charge in [-0.2, -0.15) is 0 Å². The molecule has 0 spiro atoms. The fourth-order valence-corrected chi connectivity index (χ4v) is 1.89. The third kappa shape index (κ3) is 2.69. The van der Waals surface area contributed by atoms with Crippen LogP contribution in [0.5, 0.6) is 0 Å². The molecule has 1 fully saturated rings. The Morgan fingerprint density at radius 3 is 2.67 bits per heavy atom. The van der Waals surface area contributed by atoms with Crippen molar-refractivity contribution in [3.63, 3.8) is 0 Å². The highest BCUT2D eigenvalue weighted by atomic mass is 15.0. The van der Waals surface area contributed by atoms with Crippen LogP contribution >= 0.6 is 0 Å². The van der Waals surface area contributed by atoms with Crippen LogP contribution in [0.2, 0.25) is 0 Å². The van der Waals surface area contributed by atoms with Crippen LogP contribution in [0, 0.1) is 13.8 Å². The molecule has 1 aliphatic rings. The highest BCUT2D eigenvalue weighted by Gasteiger charge is 2.12. The summed E-state index contributed by atoms with van der Waals surface area (Å²) in [6.07, 6.45) is 2.38. The van der Waals surface area contributed by atoms with E-state index in [9.17, 15) is 0 Å². The van der Waals surface area contributed by atoms with Gasteiger partial charge >= 0.3 is 0 Å². The molecule has 2 N–H and O–H groups in total. The predicted molar refractivity (Wildman–Crippen MR) is 63.2 cm³/mol. The number of nitrogens with zero attached hydrogens (tertiary/aromatic N) is 1. The van der Waals surface area contributed by atoms with Crippen molar-refractivity contribution in [2.45, 2.75) is 32.7 Å². The first kappa shape index (κ1) is 10.4.